The molecule has 198 valence electrons. The van der Waals surface area contributed by atoms with E-state index in [0.717, 1.165) is 16.5 Å². The van der Waals surface area contributed by atoms with Crippen molar-refractivity contribution < 1.29 is 24.3 Å². The van der Waals surface area contributed by atoms with Gasteiger partial charge in [-0.15, -0.1) is 0 Å². The molecule has 37 heavy (non-hydrogen) atoms. The SMILES string of the molecule is CC(NC(=O)C(N)Cc1c[nH]c2ccccc12)C(=O)NC(C(=O)NC(Cc1cnc[nH]1)C(=O)O)C(C)C. The number of rotatable bonds is 12. The van der Waals surface area contributed by atoms with Crippen LogP contribution < -0.4 is 21.7 Å². The lowest BCUT2D eigenvalue weighted by Crippen LogP contribution is -2.58. The Bertz CT molecular complexity index is 1240. The van der Waals surface area contributed by atoms with Crippen molar-refractivity contribution >= 4 is 34.6 Å². The molecular weight excluding hydrogens is 478 g/mol. The van der Waals surface area contributed by atoms with Crippen molar-refractivity contribution in [1.29, 1.82) is 0 Å². The molecule has 8 N–H and O–H groups in total. The summed E-state index contributed by atoms with van der Waals surface area (Å²) < 4.78 is 0. The first-order valence-electron chi connectivity index (χ1n) is 12.0. The second-order valence-electron chi connectivity index (χ2n) is 9.31. The average Bonchev–Trinajstić information content (AvgIpc) is 3.51. The Balaban J connectivity index is 1.57. The van der Waals surface area contributed by atoms with Gasteiger partial charge < -0.3 is 36.8 Å². The second-order valence-corrected chi connectivity index (χ2v) is 9.31. The number of carbonyl (C=O) groups excluding carboxylic acids is 3. The van der Waals surface area contributed by atoms with Crippen molar-refractivity contribution in [2.75, 3.05) is 0 Å². The molecule has 0 aliphatic rings. The zero-order valence-electron chi connectivity index (χ0n) is 20.9. The number of amides is 3. The van der Waals surface area contributed by atoms with Crippen molar-refractivity contribution in [3.05, 3.63) is 54.2 Å². The van der Waals surface area contributed by atoms with Gasteiger partial charge in [0.05, 0.1) is 12.4 Å². The summed E-state index contributed by atoms with van der Waals surface area (Å²) in [6.07, 6.45) is 4.96. The first kappa shape index (κ1) is 27.4. The standard InChI is InChI=1S/C25H33N7O5/c1-13(2)21(24(35)31-20(25(36)37)9-16-11-27-12-29-16)32-22(33)14(3)30-23(34)18(26)8-15-10-28-19-7-5-4-6-17(15)19/h4-7,10-14,18,20-21,28H,8-9,26H2,1-3H3,(H,27,29)(H,30,34)(H,31,35)(H,32,33)(H,36,37). The molecule has 2 aromatic heterocycles. The third-order valence-corrected chi connectivity index (χ3v) is 6.04. The normalized spacial score (nSPS) is 14.5. The summed E-state index contributed by atoms with van der Waals surface area (Å²) in [6.45, 7) is 4.92. The van der Waals surface area contributed by atoms with E-state index >= 15 is 0 Å². The fourth-order valence-corrected chi connectivity index (χ4v) is 3.91. The number of aromatic nitrogens is 3. The highest BCUT2D eigenvalue weighted by Gasteiger charge is 2.31. The first-order chi connectivity index (χ1) is 17.6. The van der Waals surface area contributed by atoms with Crippen molar-refractivity contribution in [2.24, 2.45) is 11.7 Å². The number of benzene rings is 1. The van der Waals surface area contributed by atoms with Crippen LogP contribution in [-0.2, 0) is 32.0 Å². The Morgan fingerprint density at radius 3 is 2.35 bits per heavy atom. The molecule has 1 aromatic carbocycles. The molecule has 0 aliphatic carbocycles. The van der Waals surface area contributed by atoms with E-state index in [1.165, 1.54) is 19.4 Å². The average molecular weight is 512 g/mol. The van der Waals surface area contributed by atoms with Gasteiger partial charge in [0.2, 0.25) is 17.7 Å². The summed E-state index contributed by atoms with van der Waals surface area (Å²) in [4.78, 5) is 59.8. The summed E-state index contributed by atoms with van der Waals surface area (Å²) in [5, 5.41) is 18.1. The number of nitrogens with one attached hydrogen (secondary N) is 5. The molecule has 0 bridgehead atoms. The molecule has 4 atom stereocenters. The van der Waals surface area contributed by atoms with Gasteiger partial charge in [0.25, 0.3) is 0 Å². The van der Waals surface area contributed by atoms with Crippen LogP contribution in [0.15, 0.2) is 43.0 Å². The van der Waals surface area contributed by atoms with Crippen LogP contribution in [0, 0.1) is 5.92 Å². The van der Waals surface area contributed by atoms with Gasteiger partial charge in [-0.3, -0.25) is 14.4 Å². The molecule has 12 nitrogen and oxygen atoms in total. The number of nitrogens with zero attached hydrogens (tertiary/aromatic N) is 1. The molecule has 0 fully saturated rings. The Labute approximate surface area is 213 Å². The highest BCUT2D eigenvalue weighted by molar-refractivity contribution is 5.94. The largest absolute Gasteiger partial charge is 0.480 e. The van der Waals surface area contributed by atoms with Crippen LogP contribution in [0.4, 0.5) is 0 Å². The van der Waals surface area contributed by atoms with Crippen molar-refractivity contribution in [3.63, 3.8) is 0 Å². The number of carbonyl (C=O) groups is 4. The van der Waals surface area contributed by atoms with Crippen LogP contribution in [0.25, 0.3) is 10.9 Å². The number of para-hydroxylation sites is 1. The van der Waals surface area contributed by atoms with Crippen LogP contribution >= 0.6 is 0 Å². The maximum atomic E-state index is 12.9. The Morgan fingerprint density at radius 2 is 1.70 bits per heavy atom. The molecule has 3 amide bonds. The van der Waals surface area contributed by atoms with Crippen LogP contribution in [0.1, 0.15) is 32.0 Å². The van der Waals surface area contributed by atoms with Crippen LogP contribution in [-0.4, -0.2) is 67.9 Å². The lowest BCUT2D eigenvalue weighted by Gasteiger charge is -2.26. The zero-order chi connectivity index (χ0) is 27.1. The second kappa shape index (κ2) is 12.2. The van der Waals surface area contributed by atoms with E-state index in [4.69, 9.17) is 5.73 Å². The predicted molar refractivity (Wildman–Crippen MR) is 136 cm³/mol. The van der Waals surface area contributed by atoms with Gasteiger partial charge >= 0.3 is 5.97 Å². The molecule has 0 aliphatic heterocycles. The molecule has 3 aromatic rings. The third-order valence-electron chi connectivity index (χ3n) is 6.04. The summed E-state index contributed by atoms with van der Waals surface area (Å²) in [5.41, 5.74) is 8.46. The third kappa shape index (κ3) is 7.17. The van der Waals surface area contributed by atoms with Gasteiger partial charge in [-0.05, 0) is 30.9 Å². The number of H-pyrrole nitrogens is 2. The molecule has 0 spiro atoms. The number of aromatic amines is 2. The summed E-state index contributed by atoms with van der Waals surface area (Å²) in [6, 6.07) is 3.56. The summed E-state index contributed by atoms with van der Waals surface area (Å²) >= 11 is 0. The summed E-state index contributed by atoms with van der Waals surface area (Å²) in [5.74, 6) is -3.32. The van der Waals surface area contributed by atoms with Gasteiger partial charge in [0.1, 0.15) is 18.1 Å². The monoisotopic (exact) mass is 511 g/mol. The fraction of sp³-hybridized carbons (Fsp3) is 0.400. The molecule has 3 rings (SSSR count). The van der Waals surface area contributed by atoms with Crippen molar-refractivity contribution in [3.8, 4) is 0 Å². The molecule has 0 saturated heterocycles. The lowest BCUT2D eigenvalue weighted by molar-refractivity contribution is -0.142. The highest BCUT2D eigenvalue weighted by atomic mass is 16.4. The number of carboxylic acids is 1. The topological polar surface area (TPSA) is 195 Å². The minimum Gasteiger partial charge on any atom is -0.480 e. The Hall–Kier alpha value is -4.19. The Morgan fingerprint density at radius 1 is 0.973 bits per heavy atom. The van der Waals surface area contributed by atoms with Gasteiger partial charge in [-0.25, -0.2) is 9.78 Å². The minimum absolute atomic E-state index is 0.000608. The lowest BCUT2D eigenvalue weighted by atomic mass is 10.0. The number of fused-ring (bicyclic) bond motifs is 1. The Kier molecular flexibility index (Phi) is 9.01. The van der Waals surface area contributed by atoms with Gasteiger partial charge in [0, 0.05) is 35.4 Å². The van der Waals surface area contributed by atoms with E-state index in [0.29, 0.717) is 5.69 Å². The molecule has 4 unspecified atom stereocenters. The maximum Gasteiger partial charge on any atom is 0.326 e. The number of aliphatic carboxylic acids is 1. The summed E-state index contributed by atoms with van der Waals surface area (Å²) in [7, 11) is 0. The maximum absolute atomic E-state index is 12.9. The fourth-order valence-electron chi connectivity index (χ4n) is 3.91. The smallest absolute Gasteiger partial charge is 0.326 e. The first-order valence-corrected chi connectivity index (χ1v) is 12.0. The molecule has 0 saturated carbocycles. The van der Waals surface area contributed by atoms with E-state index in [9.17, 15) is 24.3 Å². The molecule has 2 heterocycles. The number of hydrogen-bond acceptors (Lipinski definition) is 6. The van der Waals surface area contributed by atoms with Crippen LogP contribution in [0.5, 0.6) is 0 Å². The zero-order valence-corrected chi connectivity index (χ0v) is 20.9. The quantitative estimate of drug-likeness (QED) is 0.180. The van der Waals surface area contributed by atoms with E-state index < -0.39 is 47.9 Å². The van der Waals surface area contributed by atoms with E-state index in [-0.39, 0.29) is 18.8 Å². The minimum atomic E-state index is -1.22. The molecule has 12 heteroatoms. The highest BCUT2D eigenvalue weighted by Crippen LogP contribution is 2.18. The van der Waals surface area contributed by atoms with E-state index in [1.807, 2.05) is 24.3 Å². The number of nitrogens with two attached hydrogens (primary N) is 1. The predicted octanol–water partition coefficient (Wildman–Crippen LogP) is 0.218. The van der Waals surface area contributed by atoms with Crippen molar-refractivity contribution in [2.45, 2.75) is 57.8 Å². The van der Waals surface area contributed by atoms with Crippen molar-refractivity contribution in [1.82, 2.24) is 30.9 Å². The van der Waals surface area contributed by atoms with E-state index in [1.54, 1.807) is 20.0 Å². The molecular formula is C25H33N7O5. The van der Waals surface area contributed by atoms with Gasteiger partial charge in [-0.2, -0.15) is 0 Å². The number of imidazole rings is 1. The van der Waals surface area contributed by atoms with Gasteiger partial charge in [-0.1, -0.05) is 32.0 Å². The number of carboxylic acid groups (broad SMARTS) is 1. The molecule has 0 radical (unpaired) electrons. The number of hydrogen-bond donors (Lipinski definition) is 7. The van der Waals surface area contributed by atoms with Gasteiger partial charge in [0.15, 0.2) is 0 Å². The van der Waals surface area contributed by atoms with E-state index in [2.05, 4.69) is 30.9 Å². The van der Waals surface area contributed by atoms with Crippen LogP contribution in [0.2, 0.25) is 0 Å². The van der Waals surface area contributed by atoms with Crippen LogP contribution in [0.3, 0.4) is 0 Å².